The monoisotopic (exact) mass is 760 g/mol. The van der Waals surface area contributed by atoms with Gasteiger partial charge in [0, 0.05) is 0 Å². The van der Waals surface area contributed by atoms with Crippen LogP contribution in [0.3, 0.4) is 0 Å². The van der Waals surface area contributed by atoms with E-state index in [0.29, 0.717) is 6.42 Å². The average molecular weight is 760 g/mol. The number of amides is 1. The molecule has 0 spiro atoms. The molecule has 0 aliphatic rings. The SMILES string of the molecule is CCCCCCCCCCCCCCCCCCOC(=O)C[C@H](NC(=O)CP(=O)(O)O)C(=O)OCCCCCCCCCCCCCCCCCC. The van der Waals surface area contributed by atoms with E-state index in [1.54, 1.807) is 0 Å². The average Bonchev–Trinajstić information content (AvgIpc) is 3.09. The van der Waals surface area contributed by atoms with Crippen molar-refractivity contribution in [2.24, 2.45) is 0 Å². The van der Waals surface area contributed by atoms with Crippen LogP contribution >= 0.6 is 7.60 Å². The van der Waals surface area contributed by atoms with Gasteiger partial charge in [0.2, 0.25) is 5.91 Å². The fraction of sp³-hybridized carbons (Fsp3) is 0.929. The quantitative estimate of drug-likeness (QED) is 0.0319. The van der Waals surface area contributed by atoms with Gasteiger partial charge in [-0.25, -0.2) is 4.79 Å². The number of rotatable bonds is 40. The summed E-state index contributed by atoms with van der Waals surface area (Å²) >= 11 is 0. The summed E-state index contributed by atoms with van der Waals surface area (Å²) in [6.45, 7) is 4.91. The highest BCUT2D eigenvalue weighted by Gasteiger charge is 2.29. The van der Waals surface area contributed by atoms with Crippen LogP contribution < -0.4 is 5.32 Å². The van der Waals surface area contributed by atoms with E-state index in [2.05, 4.69) is 19.2 Å². The van der Waals surface area contributed by atoms with Crippen LogP contribution in [0.1, 0.15) is 226 Å². The van der Waals surface area contributed by atoms with E-state index in [0.717, 1.165) is 38.5 Å². The van der Waals surface area contributed by atoms with Crippen molar-refractivity contribution in [3.63, 3.8) is 0 Å². The zero-order valence-electron chi connectivity index (χ0n) is 33.8. The second kappa shape index (κ2) is 37.9. The first-order valence-corrected chi connectivity index (χ1v) is 23.7. The molecule has 0 saturated carbocycles. The third-order valence-corrected chi connectivity index (χ3v) is 10.5. The first kappa shape index (κ1) is 50.6. The lowest BCUT2D eigenvalue weighted by atomic mass is 10.0. The van der Waals surface area contributed by atoms with Gasteiger partial charge in [-0.1, -0.05) is 206 Å². The van der Waals surface area contributed by atoms with Gasteiger partial charge in [0.1, 0.15) is 12.2 Å². The number of esters is 2. The predicted molar refractivity (Wildman–Crippen MR) is 214 cm³/mol. The van der Waals surface area contributed by atoms with Gasteiger partial charge in [-0.15, -0.1) is 0 Å². The van der Waals surface area contributed by atoms with Gasteiger partial charge in [0.25, 0.3) is 0 Å². The van der Waals surface area contributed by atoms with E-state index in [4.69, 9.17) is 19.3 Å². The molecule has 0 aliphatic carbocycles. The summed E-state index contributed by atoms with van der Waals surface area (Å²) in [5.74, 6) is -2.45. The van der Waals surface area contributed by atoms with Gasteiger partial charge < -0.3 is 24.6 Å². The molecule has 3 N–H and O–H groups in total. The Morgan fingerprint density at radius 2 is 0.769 bits per heavy atom. The Bertz CT molecular complexity index is 880. The number of unbranched alkanes of at least 4 members (excludes halogenated alkanes) is 30. The molecule has 308 valence electrons. The number of hydrogen-bond donors (Lipinski definition) is 3. The zero-order valence-corrected chi connectivity index (χ0v) is 34.7. The fourth-order valence-electron chi connectivity index (χ4n) is 6.61. The summed E-state index contributed by atoms with van der Waals surface area (Å²) in [6, 6.07) is -1.35. The highest BCUT2D eigenvalue weighted by Crippen LogP contribution is 2.33. The number of carbonyl (C=O) groups is 3. The third-order valence-electron chi connectivity index (χ3n) is 9.84. The molecule has 9 nitrogen and oxygen atoms in total. The van der Waals surface area contributed by atoms with Gasteiger partial charge >= 0.3 is 19.5 Å². The lowest BCUT2D eigenvalue weighted by Gasteiger charge is -2.17. The standard InChI is InChI=1S/C42H82NO8P/c1-3-5-7-9-11-13-15-17-19-21-23-25-27-29-31-33-35-50-41(45)37-39(43-40(44)38-52(47,48)49)42(46)51-36-34-32-30-28-26-24-22-20-18-16-14-12-10-8-6-4-2/h39H,3-38H2,1-2H3,(H,43,44)(H2,47,48,49)/t39-/m0/s1. The van der Waals surface area contributed by atoms with Crippen LogP contribution in [0.25, 0.3) is 0 Å². The van der Waals surface area contributed by atoms with Crippen molar-refractivity contribution >= 4 is 25.4 Å². The Balaban J connectivity index is 4.04. The molecule has 0 fully saturated rings. The van der Waals surface area contributed by atoms with Crippen LogP contribution in [-0.4, -0.2) is 53.1 Å². The van der Waals surface area contributed by atoms with Crippen molar-refractivity contribution in [2.45, 2.75) is 232 Å². The van der Waals surface area contributed by atoms with E-state index in [1.165, 1.54) is 161 Å². The van der Waals surface area contributed by atoms with Crippen molar-refractivity contribution in [1.82, 2.24) is 5.32 Å². The summed E-state index contributed by atoms with van der Waals surface area (Å²) in [7, 11) is -4.63. The largest absolute Gasteiger partial charge is 0.466 e. The molecule has 1 atom stereocenters. The molecule has 1 amide bonds. The number of hydrogen-bond acceptors (Lipinski definition) is 6. The van der Waals surface area contributed by atoms with Crippen LogP contribution in [0.4, 0.5) is 0 Å². The van der Waals surface area contributed by atoms with Crippen LogP contribution in [0.2, 0.25) is 0 Å². The minimum atomic E-state index is -4.63. The molecule has 0 bridgehead atoms. The molecule has 0 saturated heterocycles. The third kappa shape index (κ3) is 38.3. The predicted octanol–water partition coefficient (Wildman–Crippen LogP) is 11.6. The minimum Gasteiger partial charge on any atom is -0.466 e. The summed E-state index contributed by atoms with van der Waals surface area (Å²) in [5, 5.41) is 2.26. The van der Waals surface area contributed by atoms with Crippen LogP contribution in [0.5, 0.6) is 0 Å². The molecule has 0 aromatic heterocycles. The smallest absolute Gasteiger partial charge is 0.334 e. The maximum Gasteiger partial charge on any atom is 0.334 e. The van der Waals surface area contributed by atoms with Crippen molar-refractivity contribution in [1.29, 1.82) is 0 Å². The lowest BCUT2D eigenvalue weighted by Crippen LogP contribution is -2.44. The summed E-state index contributed by atoms with van der Waals surface area (Å²) < 4.78 is 21.9. The number of carbonyl (C=O) groups excluding carboxylic acids is 3. The Kier molecular flexibility index (Phi) is 36.8. The van der Waals surface area contributed by atoms with Crippen LogP contribution in [0.15, 0.2) is 0 Å². The molecule has 0 aromatic carbocycles. The van der Waals surface area contributed by atoms with E-state index in [9.17, 15) is 18.9 Å². The van der Waals surface area contributed by atoms with Crippen molar-refractivity contribution in [3.05, 3.63) is 0 Å². The van der Waals surface area contributed by atoms with Gasteiger partial charge in [0.05, 0.1) is 19.6 Å². The molecular weight excluding hydrogens is 677 g/mol. The van der Waals surface area contributed by atoms with Gasteiger partial charge in [0.15, 0.2) is 0 Å². The fourth-order valence-corrected chi connectivity index (χ4v) is 7.07. The molecule has 0 aliphatic heterocycles. The Morgan fingerprint density at radius 3 is 1.08 bits per heavy atom. The second-order valence-corrected chi connectivity index (χ2v) is 16.8. The van der Waals surface area contributed by atoms with Crippen LogP contribution in [0, 0.1) is 0 Å². The van der Waals surface area contributed by atoms with E-state index in [-0.39, 0.29) is 13.2 Å². The zero-order chi connectivity index (χ0) is 38.4. The molecular formula is C42H82NO8P. The van der Waals surface area contributed by atoms with Gasteiger partial charge in [-0.05, 0) is 12.8 Å². The highest BCUT2D eigenvalue weighted by molar-refractivity contribution is 7.52. The molecule has 52 heavy (non-hydrogen) atoms. The van der Waals surface area contributed by atoms with E-state index < -0.39 is 44.1 Å². The summed E-state index contributed by atoms with van der Waals surface area (Å²) in [4.78, 5) is 55.7. The van der Waals surface area contributed by atoms with Gasteiger partial charge in [-0.2, -0.15) is 0 Å². The first-order valence-electron chi connectivity index (χ1n) is 21.9. The topological polar surface area (TPSA) is 139 Å². The molecule has 0 unspecified atom stereocenters. The van der Waals surface area contributed by atoms with Crippen LogP contribution in [-0.2, 0) is 28.4 Å². The highest BCUT2D eigenvalue weighted by atomic mass is 31.2. The van der Waals surface area contributed by atoms with Crippen molar-refractivity contribution < 1.29 is 38.2 Å². The Hall–Kier alpha value is -1.44. The maximum absolute atomic E-state index is 12.7. The molecule has 10 heteroatoms. The minimum absolute atomic E-state index is 0.163. The number of nitrogens with one attached hydrogen (secondary N) is 1. The molecule has 0 rings (SSSR count). The number of ether oxygens (including phenoxy) is 2. The van der Waals surface area contributed by atoms with E-state index >= 15 is 0 Å². The first-order chi connectivity index (χ1) is 25.2. The lowest BCUT2D eigenvalue weighted by molar-refractivity contribution is -0.153. The molecule has 0 aromatic rings. The van der Waals surface area contributed by atoms with Crippen molar-refractivity contribution in [3.8, 4) is 0 Å². The summed E-state index contributed by atoms with van der Waals surface area (Å²) in [6.07, 6.45) is 38.3. The second-order valence-electron chi connectivity index (χ2n) is 15.1. The molecule has 0 heterocycles. The van der Waals surface area contributed by atoms with E-state index in [1.807, 2.05) is 0 Å². The maximum atomic E-state index is 12.7. The van der Waals surface area contributed by atoms with Gasteiger partial charge in [-0.3, -0.25) is 14.2 Å². The Labute approximate surface area is 319 Å². The molecule has 0 radical (unpaired) electrons. The summed E-state index contributed by atoms with van der Waals surface area (Å²) in [5.41, 5.74) is 0. The normalized spacial score (nSPS) is 12.2. The Morgan fingerprint density at radius 1 is 0.481 bits per heavy atom. The van der Waals surface area contributed by atoms with Crippen molar-refractivity contribution in [2.75, 3.05) is 19.4 Å².